The fourth-order valence-corrected chi connectivity index (χ4v) is 10.3. The molecule has 62 radical (unpaired) electrons. The molecule has 0 unspecified atom stereocenters. The fourth-order valence-electron chi connectivity index (χ4n) is 10.3. The van der Waals surface area contributed by atoms with E-state index in [1.54, 1.807) is 0 Å². The standard InChI is InChI=1S/B60/c1-32(2)47(31)55(48(33(3)4)34(5)6)59(56(49(35(7)8)36(9)10)50(37(11)12)38(13)14)60(57(51(39(15)16)40(17)18)52(41(19)20)42(21)22)58(53(43(23)24)44(25)26)54(45(27)28)46(29)30. The van der Waals surface area contributed by atoms with Crippen molar-refractivity contribution in [1.82, 2.24) is 0 Å². The summed E-state index contributed by atoms with van der Waals surface area (Å²) in [5, 5.41) is 0. The van der Waals surface area contributed by atoms with Crippen molar-refractivity contribution >= 4 is 425 Å². The molecule has 180 valence electrons. The van der Waals surface area contributed by atoms with Crippen molar-refractivity contribution in [1.29, 1.82) is 0 Å². The molecule has 0 aromatic rings. The van der Waals surface area contributed by atoms with Crippen LogP contribution in [-0.2, 0) is 0 Å². The van der Waals surface area contributed by atoms with Gasteiger partial charge in [-0.05, 0) is 0 Å². The molecular weight excluding hydrogens is 649 g/mol. The van der Waals surface area contributed by atoms with Crippen LogP contribution in [0.25, 0.3) is 0 Å². The number of rotatable bonds is 28. The maximum atomic E-state index is 7.08. The summed E-state index contributed by atoms with van der Waals surface area (Å²) in [6, 6.07) is 0. The maximum Gasteiger partial charge on any atom is 0 e. The van der Waals surface area contributed by atoms with Gasteiger partial charge in [-0.25, -0.2) is 0 Å². The summed E-state index contributed by atoms with van der Waals surface area (Å²) in [7, 11) is 204. The van der Waals surface area contributed by atoms with Gasteiger partial charge in [-0.3, -0.25) is 0 Å². The largest absolute Gasteiger partial charge is 0 e. The van der Waals surface area contributed by atoms with Crippen LogP contribution < -0.4 is 0 Å². The van der Waals surface area contributed by atoms with Gasteiger partial charge in [0.1, 0.15) is 0 Å². The minimum Gasteiger partial charge on any atom is 0 e. The molecule has 0 atom stereocenters. The summed E-state index contributed by atoms with van der Waals surface area (Å²) in [6.07, 6.45) is -41.5. The Labute approximate surface area is 421 Å². The molecule has 0 heterocycles. The molecule has 0 aliphatic carbocycles. The lowest BCUT2D eigenvalue weighted by atomic mass is 8.23. The van der Waals surface area contributed by atoms with Crippen LogP contribution in [0.3, 0.4) is 0 Å². The first kappa shape index (κ1) is 63.9. The third kappa shape index (κ3) is 17.1. The third-order valence-corrected chi connectivity index (χ3v) is 12.4. The lowest BCUT2D eigenvalue weighted by Crippen LogP contribution is -2.97. The highest BCUT2D eigenvalue weighted by Crippen LogP contribution is 2.24. The maximum absolute atomic E-state index is 7.08. The normalized spacial score (nSPS) is 9.73. The highest BCUT2D eigenvalue weighted by atomic mass is 13.4. The monoisotopic (exact) mass is 661 g/mol. The van der Waals surface area contributed by atoms with E-state index >= 15 is 0 Å². The minimum atomic E-state index is -1.52. The van der Waals surface area contributed by atoms with Gasteiger partial charge in [-0.15, -0.1) is 0 Å². The number of hydrogen-bond donors (Lipinski definition) is 0. The van der Waals surface area contributed by atoms with Gasteiger partial charge in [0, 0.05) is 425 Å². The first-order valence-electron chi connectivity index (χ1n) is 19.7. The van der Waals surface area contributed by atoms with E-state index in [0.717, 1.165) is 0 Å². The molecule has 0 aromatic carbocycles. The van der Waals surface area contributed by atoms with Crippen LogP contribution in [-0.4, -0.2) is 425 Å². The van der Waals surface area contributed by atoms with E-state index in [1.807, 2.05) is 0 Å². The molecule has 0 bridgehead atoms. The second-order valence-electron chi connectivity index (χ2n) is 16.7. The summed E-state index contributed by atoms with van der Waals surface area (Å²) in [5.41, 5.74) is 0. The van der Waals surface area contributed by atoms with Gasteiger partial charge in [-0.1, -0.05) is 0 Å². The van der Waals surface area contributed by atoms with Gasteiger partial charge in [-0.2, -0.15) is 0 Å². The Balaban J connectivity index is 10.7. The van der Waals surface area contributed by atoms with Crippen LogP contribution in [0.2, 0.25) is 0 Å². The zero-order valence-corrected chi connectivity index (χ0v) is 34.6. The van der Waals surface area contributed by atoms with Crippen molar-refractivity contribution in [3.05, 3.63) is 0 Å². The van der Waals surface area contributed by atoms with Crippen molar-refractivity contribution in [3.8, 4) is 0 Å². The van der Waals surface area contributed by atoms with Gasteiger partial charge in [0.05, 0.1) is 0 Å². The van der Waals surface area contributed by atoms with E-state index in [-0.39, 0.29) is 0 Å². The Morgan fingerprint density at radius 2 is 0.200 bits per heavy atom. The zero-order chi connectivity index (χ0) is 47.7. The fraction of sp³-hybridized carbons (Fsp3) is 0. The highest BCUT2D eigenvalue weighted by molar-refractivity contribution is 8.38. The second-order valence-corrected chi connectivity index (χ2v) is 16.7. The van der Waals surface area contributed by atoms with Gasteiger partial charge in [0.25, 0.3) is 0 Å². The minimum absolute atomic E-state index is 1.33. The summed E-state index contributed by atoms with van der Waals surface area (Å²) in [6.45, 7) is 0. The predicted molar refractivity (Wildman–Crippen MR) is 345 cm³/mol. The molecule has 0 amide bonds. The first-order valence-corrected chi connectivity index (χ1v) is 19.7. The molecule has 0 aromatic heterocycles. The van der Waals surface area contributed by atoms with Crippen LogP contribution in [0.15, 0.2) is 0 Å². The third-order valence-electron chi connectivity index (χ3n) is 12.4. The molecule has 0 saturated carbocycles. The van der Waals surface area contributed by atoms with Gasteiger partial charge in [0.15, 0.2) is 0 Å². The molecule has 0 nitrogen and oxygen atoms in total. The molecule has 0 rings (SSSR count). The molecule has 0 N–H and O–H groups in total. The van der Waals surface area contributed by atoms with Crippen LogP contribution in [0.4, 0.5) is 0 Å². The summed E-state index contributed by atoms with van der Waals surface area (Å²) < 4.78 is 0. The van der Waals surface area contributed by atoms with Crippen LogP contribution in [0, 0.1) is 0 Å². The number of hydrogen-bond acceptors (Lipinski definition) is 0. The van der Waals surface area contributed by atoms with E-state index in [1.165, 1.54) is 0 Å². The second kappa shape index (κ2) is 29.2. The summed E-state index contributed by atoms with van der Waals surface area (Å²) in [5.74, 6) is 0. The SMILES string of the molecule is [B]B([B])B([B])B(B(B([B])[B])B([B])[B])B(B(B(B([B])[B])B([B])[B])B(B([B])[B])B([B])[B])B(B(B(B([B])[B])B([B])[B])B(B([B])[B])B([B])[B])B(B(B([B])[B])B([B])[B])B(B([B])[B])B([B])[B]. The lowest BCUT2D eigenvalue weighted by Gasteiger charge is -2.59. The van der Waals surface area contributed by atoms with Crippen LogP contribution >= 0.6 is 0 Å². The smallest absolute Gasteiger partial charge is 0 e. The van der Waals surface area contributed by atoms with Crippen LogP contribution in [0.1, 0.15) is 0 Å². The summed E-state index contributed by atoms with van der Waals surface area (Å²) >= 11 is 0. The Hall–Kier alpha value is 3.90. The molecule has 60 heavy (non-hydrogen) atoms. The molecule has 60 heteroatoms. The Bertz CT molecular complexity index is 931. The van der Waals surface area contributed by atoms with Crippen molar-refractivity contribution in [2.75, 3.05) is 0 Å². The predicted octanol–water partition coefficient (Wildman–Crippen LogP) is -22.8. The van der Waals surface area contributed by atoms with E-state index in [9.17, 15) is 0 Å². The molecular formula is B60. The Morgan fingerprint density at radius 3 is 0.317 bits per heavy atom. The van der Waals surface area contributed by atoms with Crippen molar-refractivity contribution < 1.29 is 0 Å². The van der Waals surface area contributed by atoms with Crippen LogP contribution in [0.5, 0.6) is 0 Å². The van der Waals surface area contributed by atoms with E-state index in [0.29, 0.717) is 0 Å². The molecule has 0 saturated heterocycles. The summed E-state index contributed by atoms with van der Waals surface area (Å²) in [4.78, 5) is 0. The molecule has 0 aliphatic rings. The molecule has 0 fully saturated rings. The van der Waals surface area contributed by atoms with Gasteiger partial charge >= 0.3 is 0 Å². The topological polar surface area (TPSA) is 0 Å². The van der Waals surface area contributed by atoms with Gasteiger partial charge in [0.2, 0.25) is 0 Å². The van der Waals surface area contributed by atoms with Crippen molar-refractivity contribution in [2.24, 2.45) is 0 Å². The zero-order valence-electron chi connectivity index (χ0n) is 34.6. The van der Waals surface area contributed by atoms with Crippen molar-refractivity contribution in [2.45, 2.75) is 0 Å². The van der Waals surface area contributed by atoms with Gasteiger partial charge < -0.3 is 0 Å². The average molecular weight is 649 g/mol. The van der Waals surface area contributed by atoms with E-state index < -0.39 is 185 Å². The van der Waals surface area contributed by atoms with E-state index in [4.69, 9.17) is 240 Å². The first-order chi connectivity index (χ1) is 27.2. The quantitative estimate of drug-likeness (QED) is 0.0741. The van der Waals surface area contributed by atoms with Crippen molar-refractivity contribution in [3.63, 3.8) is 0 Å². The molecule has 0 spiro atoms. The van der Waals surface area contributed by atoms with E-state index in [2.05, 4.69) is 0 Å². The Kier molecular flexibility index (Phi) is 31.1. The highest BCUT2D eigenvalue weighted by Gasteiger charge is 2.62. The Morgan fingerprint density at radius 1 is 0.100 bits per heavy atom. The lowest BCUT2D eigenvalue weighted by molar-refractivity contribution is 3.17. The average Bonchev–Trinajstić information content (AvgIpc) is 3.02. The molecule has 0 aliphatic heterocycles.